The smallest absolute Gasteiger partial charge is 0.296 e. The molecule has 1 aliphatic rings. The maximum absolute atomic E-state index is 13.4. The van der Waals surface area contributed by atoms with Crippen molar-refractivity contribution in [2.24, 2.45) is 0 Å². The average molecular weight is 397 g/mol. The fourth-order valence-electron chi connectivity index (χ4n) is 3.64. The predicted molar refractivity (Wildman–Crippen MR) is 103 cm³/mol. The van der Waals surface area contributed by atoms with Gasteiger partial charge < -0.3 is 0 Å². The average Bonchev–Trinajstić information content (AvgIpc) is 2.58. The Morgan fingerprint density at radius 2 is 1.74 bits per heavy atom. The Morgan fingerprint density at radius 3 is 2.37 bits per heavy atom. The molecular weight excluding hydrogens is 373 g/mol. The van der Waals surface area contributed by atoms with Gasteiger partial charge in [-0.1, -0.05) is 53.6 Å². The van der Waals surface area contributed by atoms with Gasteiger partial charge in [0.05, 0.1) is 10.6 Å². The van der Waals surface area contributed by atoms with Gasteiger partial charge in [-0.05, 0) is 31.0 Å². The third kappa shape index (κ3) is 5.03. The quantitative estimate of drug-likeness (QED) is 0.685. The molecular formula is C21H24ClF3N2. The number of aryl methyl sites for hydroxylation is 1. The van der Waals surface area contributed by atoms with E-state index in [0.717, 1.165) is 26.2 Å². The molecule has 1 unspecified atom stereocenters. The van der Waals surface area contributed by atoms with Crippen LogP contribution >= 0.6 is 11.6 Å². The summed E-state index contributed by atoms with van der Waals surface area (Å²) in [4.78, 5) is 4.46. The van der Waals surface area contributed by atoms with E-state index in [-0.39, 0.29) is 23.2 Å². The molecule has 2 aromatic rings. The summed E-state index contributed by atoms with van der Waals surface area (Å²) in [6.07, 6.45) is -4.44. The number of alkyl halides is 3. The van der Waals surface area contributed by atoms with E-state index in [0.29, 0.717) is 0 Å². The first kappa shape index (κ1) is 20.2. The Hall–Kier alpha value is -1.56. The lowest BCUT2D eigenvalue weighted by molar-refractivity contribution is -0.138. The molecule has 6 heteroatoms. The van der Waals surface area contributed by atoms with Crippen molar-refractivity contribution in [1.82, 2.24) is 9.80 Å². The molecule has 0 N–H and O–H groups in total. The number of piperazine rings is 1. The Labute approximate surface area is 163 Å². The molecule has 1 atom stereocenters. The zero-order valence-corrected chi connectivity index (χ0v) is 16.3. The van der Waals surface area contributed by atoms with Crippen LogP contribution in [0.3, 0.4) is 0 Å². The lowest BCUT2D eigenvalue weighted by Gasteiger charge is -2.40. The summed E-state index contributed by atoms with van der Waals surface area (Å²) >= 11 is 5.85. The maximum Gasteiger partial charge on any atom is 0.418 e. The van der Waals surface area contributed by atoms with Crippen LogP contribution in [-0.4, -0.2) is 35.5 Å². The van der Waals surface area contributed by atoms with E-state index in [1.54, 1.807) is 6.07 Å². The minimum absolute atomic E-state index is 0.171. The molecule has 2 nitrogen and oxygen atoms in total. The van der Waals surface area contributed by atoms with E-state index in [2.05, 4.69) is 47.9 Å². The standard InChI is InChI=1S/C21H24ClF3N2/c1-15-6-8-17(9-7-15)13-26-10-11-27(16(2)12-26)14-18-4-3-5-19(22)20(18)21(23,24)25/h3-9,16H,10-14H2,1-2H3. The van der Waals surface area contributed by atoms with Gasteiger partial charge in [0.25, 0.3) is 0 Å². The SMILES string of the molecule is Cc1ccc(CN2CCN(Cc3cccc(Cl)c3C(F)(F)F)C(C)C2)cc1. The van der Waals surface area contributed by atoms with E-state index in [9.17, 15) is 13.2 Å². The Balaban J connectivity index is 1.66. The topological polar surface area (TPSA) is 6.48 Å². The van der Waals surface area contributed by atoms with Gasteiger partial charge in [-0.15, -0.1) is 0 Å². The third-order valence-corrected chi connectivity index (χ3v) is 5.45. The first-order valence-electron chi connectivity index (χ1n) is 9.10. The largest absolute Gasteiger partial charge is 0.418 e. The van der Waals surface area contributed by atoms with Crippen LogP contribution in [-0.2, 0) is 19.3 Å². The fraction of sp³-hybridized carbons (Fsp3) is 0.429. The summed E-state index contributed by atoms with van der Waals surface area (Å²) in [5, 5.41) is -0.231. The number of nitrogens with zero attached hydrogens (tertiary/aromatic N) is 2. The lowest BCUT2D eigenvalue weighted by Crippen LogP contribution is -2.51. The van der Waals surface area contributed by atoms with Crippen molar-refractivity contribution in [3.8, 4) is 0 Å². The van der Waals surface area contributed by atoms with E-state index >= 15 is 0 Å². The highest BCUT2D eigenvalue weighted by Crippen LogP contribution is 2.37. The molecule has 146 valence electrons. The summed E-state index contributed by atoms with van der Waals surface area (Å²) in [5.74, 6) is 0. The second-order valence-electron chi connectivity index (χ2n) is 7.31. The van der Waals surface area contributed by atoms with E-state index in [4.69, 9.17) is 11.6 Å². The van der Waals surface area contributed by atoms with E-state index in [1.807, 2.05) is 0 Å². The van der Waals surface area contributed by atoms with E-state index in [1.165, 1.54) is 23.3 Å². The molecule has 0 saturated carbocycles. The molecule has 0 aromatic heterocycles. The predicted octanol–water partition coefficient (Wildman–Crippen LogP) is 5.37. The number of benzene rings is 2. The molecule has 3 rings (SSSR count). The van der Waals surface area contributed by atoms with Crippen LogP contribution < -0.4 is 0 Å². The van der Waals surface area contributed by atoms with Gasteiger partial charge in [-0.2, -0.15) is 13.2 Å². The normalized spacial score (nSPS) is 19.4. The van der Waals surface area contributed by atoms with Crippen molar-refractivity contribution < 1.29 is 13.2 Å². The molecule has 1 fully saturated rings. The molecule has 0 bridgehead atoms. The Bertz CT molecular complexity index is 774. The molecule has 2 aromatic carbocycles. The van der Waals surface area contributed by atoms with E-state index < -0.39 is 11.7 Å². The zero-order chi connectivity index (χ0) is 19.6. The molecule has 1 heterocycles. The van der Waals surface area contributed by atoms with Crippen LogP contribution in [0, 0.1) is 6.92 Å². The van der Waals surface area contributed by atoms with Crippen LogP contribution in [0.1, 0.15) is 29.2 Å². The van der Waals surface area contributed by atoms with Gasteiger partial charge in [0, 0.05) is 38.8 Å². The Kier molecular flexibility index (Phi) is 6.14. The summed E-state index contributed by atoms with van der Waals surface area (Å²) < 4.78 is 40.1. The number of rotatable bonds is 4. The third-order valence-electron chi connectivity index (χ3n) is 5.13. The summed E-state index contributed by atoms with van der Waals surface area (Å²) in [5.41, 5.74) is 2.03. The van der Waals surface area contributed by atoms with Crippen molar-refractivity contribution in [3.05, 3.63) is 69.7 Å². The van der Waals surface area contributed by atoms with Gasteiger partial charge in [-0.25, -0.2) is 0 Å². The minimum atomic E-state index is -4.44. The van der Waals surface area contributed by atoms with Gasteiger partial charge >= 0.3 is 6.18 Å². The minimum Gasteiger partial charge on any atom is -0.296 e. The van der Waals surface area contributed by atoms with Crippen molar-refractivity contribution >= 4 is 11.6 Å². The summed E-state index contributed by atoms with van der Waals surface area (Å²) in [7, 11) is 0. The van der Waals surface area contributed by atoms with Crippen LogP contribution in [0.15, 0.2) is 42.5 Å². The molecule has 0 radical (unpaired) electrons. The highest BCUT2D eigenvalue weighted by molar-refractivity contribution is 6.31. The van der Waals surface area contributed by atoms with Gasteiger partial charge in [-0.3, -0.25) is 9.80 Å². The first-order chi connectivity index (χ1) is 12.7. The highest BCUT2D eigenvalue weighted by atomic mass is 35.5. The number of hydrogen-bond donors (Lipinski definition) is 0. The second kappa shape index (κ2) is 8.21. The number of halogens is 4. The maximum atomic E-state index is 13.4. The van der Waals surface area contributed by atoms with Crippen LogP contribution in [0.5, 0.6) is 0 Å². The van der Waals surface area contributed by atoms with Crippen LogP contribution in [0.25, 0.3) is 0 Å². The Morgan fingerprint density at radius 1 is 1.04 bits per heavy atom. The monoisotopic (exact) mass is 396 g/mol. The first-order valence-corrected chi connectivity index (χ1v) is 9.48. The van der Waals surface area contributed by atoms with Crippen molar-refractivity contribution in [2.75, 3.05) is 19.6 Å². The van der Waals surface area contributed by atoms with Crippen LogP contribution in [0.4, 0.5) is 13.2 Å². The second-order valence-corrected chi connectivity index (χ2v) is 7.72. The van der Waals surface area contributed by atoms with Crippen LogP contribution in [0.2, 0.25) is 5.02 Å². The highest BCUT2D eigenvalue weighted by Gasteiger charge is 2.36. The molecule has 0 amide bonds. The fourth-order valence-corrected chi connectivity index (χ4v) is 3.94. The number of hydrogen-bond acceptors (Lipinski definition) is 2. The molecule has 1 aliphatic heterocycles. The molecule has 1 saturated heterocycles. The van der Waals surface area contributed by atoms with Crippen molar-refractivity contribution in [1.29, 1.82) is 0 Å². The summed E-state index contributed by atoms with van der Waals surface area (Å²) in [6, 6.07) is 13.1. The van der Waals surface area contributed by atoms with Gasteiger partial charge in [0.15, 0.2) is 0 Å². The summed E-state index contributed by atoms with van der Waals surface area (Å²) in [6.45, 7) is 7.65. The van der Waals surface area contributed by atoms with Gasteiger partial charge in [0.2, 0.25) is 0 Å². The molecule has 0 spiro atoms. The molecule has 27 heavy (non-hydrogen) atoms. The molecule has 0 aliphatic carbocycles. The van der Waals surface area contributed by atoms with Gasteiger partial charge in [0.1, 0.15) is 0 Å². The zero-order valence-electron chi connectivity index (χ0n) is 15.6. The lowest BCUT2D eigenvalue weighted by atomic mass is 10.0. The van der Waals surface area contributed by atoms with Crippen molar-refractivity contribution in [3.63, 3.8) is 0 Å². The van der Waals surface area contributed by atoms with Crippen molar-refractivity contribution in [2.45, 2.75) is 39.2 Å².